The van der Waals surface area contributed by atoms with Gasteiger partial charge in [-0.3, -0.25) is 4.79 Å². The number of benzene rings is 2. The molecule has 0 aliphatic heterocycles. The molecule has 4 heteroatoms. The van der Waals surface area contributed by atoms with Gasteiger partial charge in [-0.05, 0) is 24.6 Å². The van der Waals surface area contributed by atoms with Crippen LogP contribution in [0.1, 0.15) is 21.6 Å². The molecule has 3 rings (SSSR count). The fraction of sp³-hybridized carbons (Fsp3) is 0.118. The Kier molecular flexibility index (Phi) is 3.60. The molecule has 0 atom stereocenters. The van der Waals surface area contributed by atoms with Crippen LogP contribution in [0.2, 0.25) is 0 Å². The summed E-state index contributed by atoms with van der Waals surface area (Å²) >= 11 is 0. The maximum absolute atomic E-state index is 12.5. The molecule has 2 aromatic carbocycles. The molecular formula is C17H15N3O. The Morgan fingerprint density at radius 2 is 1.76 bits per heavy atom. The monoisotopic (exact) mass is 277 g/mol. The molecular weight excluding hydrogens is 262 g/mol. The lowest BCUT2D eigenvalue weighted by molar-refractivity contribution is 0.0985. The van der Waals surface area contributed by atoms with Gasteiger partial charge in [0, 0.05) is 6.42 Å². The molecule has 4 nitrogen and oxygen atoms in total. The number of carbonyl (C=O) groups excluding carboxylic acids is 1. The zero-order valence-corrected chi connectivity index (χ0v) is 11.7. The van der Waals surface area contributed by atoms with E-state index in [1.165, 1.54) is 11.8 Å². The summed E-state index contributed by atoms with van der Waals surface area (Å²) in [5, 5.41) is 7.88. The van der Waals surface area contributed by atoms with Gasteiger partial charge in [0.2, 0.25) is 0 Å². The smallest absolute Gasteiger partial charge is 0.187 e. The van der Waals surface area contributed by atoms with Crippen molar-refractivity contribution in [1.29, 1.82) is 0 Å². The summed E-state index contributed by atoms with van der Waals surface area (Å²) in [4.78, 5) is 12.5. The number of ketones is 1. The minimum absolute atomic E-state index is 0.00714. The van der Waals surface area contributed by atoms with Crippen LogP contribution in [0.25, 0.3) is 5.69 Å². The number of aromatic nitrogens is 3. The van der Waals surface area contributed by atoms with Crippen molar-refractivity contribution in [3.05, 3.63) is 77.6 Å². The highest BCUT2D eigenvalue weighted by Crippen LogP contribution is 2.12. The van der Waals surface area contributed by atoms with Crippen molar-refractivity contribution in [2.75, 3.05) is 0 Å². The zero-order chi connectivity index (χ0) is 14.7. The Bertz CT molecular complexity index is 745. The molecule has 3 aromatic rings. The molecule has 0 aliphatic rings. The van der Waals surface area contributed by atoms with Crippen molar-refractivity contribution >= 4 is 5.78 Å². The average molecular weight is 277 g/mol. The lowest BCUT2D eigenvalue weighted by atomic mass is 10.1. The summed E-state index contributed by atoms with van der Waals surface area (Å²) in [5.74, 6) is 0.00714. The predicted molar refractivity (Wildman–Crippen MR) is 80.6 cm³/mol. The van der Waals surface area contributed by atoms with Gasteiger partial charge in [0.15, 0.2) is 5.78 Å². The van der Waals surface area contributed by atoms with E-state index in [0.717, 1.165) is 11.3 Å². The summed E-state index contributed by atoms with van der Waals surface area (Å²) in [5.41, 5.74) is 3.51. The van der Waals surface area contributed by atoms with Crippen LogP contribution in [0.15, 0.2) is 60.8 Å². The average Bonchev–Trinajstić information content (AvgIpc) is 3.00. The molecule has 21 heavy (non-hydrogen) atoms. The number of hydrogen-bond donors (Lipinski definition) is 0. The fourth-order valence-electron chi connectivity index (χ4n) is 2.17. The van der Waals surface area contributed by atoms with Gasteiger partial charge < -0.3 is 0 Å². The molecule has 0 amide bonds. The van der Waals surface area contributed by atoms with E-state index in [1.54, 1.807) is 4.68 Å². The zero-order valence-electron chi connectivity index (χ0n) is 11.7. The highest BCUT2D eigenvalue weighted by molar-refractivity contribution is 5.96. The summed E-state index contributed by atoms with van der Waals surface area (Å²) in [6.07, 6.45) is 1.87. The molecule has 0 saturated heterocycles. The fourth-order valence-corrected chi connectivity index (χ4v) is 2.17. The van der Waals surface area contributed by atoms with Gasteiger partial charge >= 0.3 is 0 Å². The van der Waals surface area contributed by atoms with Gasteiger partial charge in [0.05, 0.1) is 11.9 Å². The molecule has 104 valence electrons. The number of rotatable bonds is 4. The van der Waals surface area contributed by atoms with Crippen LogP contribution < -0.4 is 0 Å². The predicted octanol–water partition coefficient (Wildman–Crippen LogP) is 3.00. The third kappa shape index (κ3) is 2.89. The van der Waals surface area contributed by atoms with Crippen molar-refractivity contribution in [1.82, 2.24) is 15.0 Å². The van der Waals surface area contributed by atoms with Crippen LogP contribution in [0, 0.1) is 6.92 Å². The first-order valence-corrected chi connectivity index (χ1v) is 6.79. The summed E-state index contributed by atoms with van der Waals surface area (Å²) in [7, 11) is 0. The number of para-hydroxylation sites is 1. The SMILES string of the molecule is Cc1ccc(CC(=O)c2cnnn2-c2ccccc2)cc1. The first kappa shape index (κ1) is 13.2. The number of carbonyl (C=O) groups is 1. The van der Waals surface area contributed by atoms with Crippen molar-refractivity contribution in [2.24, 2.45) is 0 Å². The van der Waals surface area contributed by atoms with E-state index in [-0.39, 0.29) is 5.78 Å². The quantitative estimate of drug-likeness (QED) is 0.689. The van der Waals surface area contributed by atoms with E-state index >= 15 is 0 Å². The van der Waals surface area contributed by atoms with E-state index in [4.69, 9.17) is 0 Å². The van der Waals surface area contributed by atoms with Gasteiger partial charge in [-0.25, -0.2) is 4.68 Å². The number of aryl methyl sites for hydroxylation is 1. The van der Waals surface area contributed by atoms with Gasteiger partial charge in [-0.2, -0.15) is 0 Å². The molecule has 0 N–H and O–H groups in total. The third-order valence-electron chi connectivity index (χ3n) is 3.32. The van der Waals surface area contributed by atoms with E-state index in [0.29, 0.717) is 12.1 Å². The second kappa shape index (κ2) is 5.71. The van der Waals surface area contributed by atoms with Crippen LogP contribution in [0.4, 0.5) is 0 Å². The van der Waals surface area contributed by atoms with E-state index in [1.807, 2.05) is 61.5 Å². The van der Waals surface area contributed by atoms with Crippen molar-refractivity contribution in [3.8, 4) is 5.69 Å². The minimum atomic E-state index is 0.00714. The van der Waals surface area contributed by atoms with Gasteiger partial charge in [0.1, 0.15) is 5.69 Å². The van der Waals surface area contributed by atoms with Crippen LogP contribution in [-0.2, 0) is 6.42 Å². The van der Waals surface area contributed by atoms with Crippen molar-refractivity contribution in [2.45, 2.75) is 13.3 Å². The Hall–Kier alpha value is -2.75. The maximum Gasteiger partial charge on any atom is 0.187 e. The molecule has 1 aromatic heterocycles. The number of Topliss-reactive ketones (excluding diaryl/α,β-unsaturated/α-hetero) is 1. The third-order valence-corrected chi connectivity index (χ3v) is 3.32. The molecule has 0 bridgehead atoms. The largest absolute Gasteiger partial charge is 0.292 e. The standard InChI is InChI=1S/C17H15N3O/c1-13-7-9-14(10-8-13)11-17(21)16-12-18-19-20(16)15-5-3-2-4-6-15/h2-10,12H,11H2,1H3. The number of nitrogens with zero attached hydrogens (tertiary/aromatic N) is 3. The lowest BCUT2D eigenvalue weighted by Gasteiger charge is -2.05. The normalized spacial score (nSPS) is 10.5. The topological polar surface area (TPSA) is 47.8 Å². The van der Waals surface area contributed by atoms with Crippen LogP contribution >= 0.6 is 0 Å². The van der Waals surface area contributed by atoms with Crippen molar-refractivity contribution < 1.29 is 4.79 Å². The summed E-state index contributed by atoms with van der Waals surface area (Å²) in [6.45, 7) is 2.03. The lowest BCUT2D eigenvalue weighted by Crippen LogP contribution is -2.11. The first-order chi connectivity index (χ1) is 10.2. The van der Waals surface area contributed by atoms with E-state index in [2.05, 4.69) is 10.3 Å². The second-order valence-electron chi connectivity index (χ2n) is 4.95. The highest BCUT2D eigenvalue weighted by Gasteiger charge is 2.14. The maximum atomic E-state index is 12.5. The Labute approximate surface area is 123 Å². The van der Waals surface area contributed by atoms with E-state index < -0.39 is 0 Å². The molecule has 0 unspecified atom stereocenters. The molecule has 0 saturated carbocycles. The Balaban J connectivity index is 1.86. The molecule has 0 spiro atoms. The Morgan fingerprint density at radius 1 is 1.05 bits per heavy atom. The Morgan fingerprint density at radius 3 is 2.48 bits per heavy atom. The molecule has 0 radical (unpaired) electrons. The summed E-state index contributed by atoms with van der Waals surface area (Å²) in [6, 6.07) is 17.5. The van der Waals surface area contributed by atoms with E-state index in [9.17, 15) is 4.79 Å². The molecule has 1 heterocycles. The highest BCUT2D eigenvalue weighted by atomic mass is 16.1. The molecule has 0 aliphatic carbocycles. The number of hydrogen-bond acceptors (Lipinski definition) is 3. The summed E-state index contributed by atoms with van der Waals surface area (Å²) < 4.78 is 1.58. The minimum Gasteiger partial charge on any atom is -0.292 e. The van der Waals surface area contributed by atoms with Gasteiger partial charge in [-0.1, -0.05) is 53.2 Å². The van der Waals surface area contributed by atoms with Crippen molar-refractivity contribution in [3.63, 3.8) is 0 Å². The molecule has 0 fully saturated rings. The van der Waals surface area contributed by atoms with Gasteiger partial charge in [0.25, 0.3) is 0 Å². The van der Waals surface area contributed by atoms with Crippen LogP contribution in [0.5, 0.6) is 0 Å². The second-order valence-corrected chi connectivity index (χ2v) is 4.95. The van der Waals surface area contributed by atoms with Crippen LogP contribution in [0.3, 0.4) is 0 Å². The van der Waals surface area contributed by atoms with Crippen LogP contribution in [-0.4, -0.2) is 20.8 Å². The first-order valence-electron chi connectivity index (χ1n) is 6.79. The van der Waals surface area contributed by atoms with Gasteiger partial charge in [-0.15, -0.1) is 5.10 Å².